The van der Waals surface area contributed by atoms with Gasteiger partial charge >= 0.3 is 5.69 Å². The van der Waals surface area contributed by atoms with Crippen LogP contribution in [0.15, 0.2) is 59.4 Å². The fourth-order valence-electron chi connectivity index (χ4n) is 3.66. The Kier molecular flexibility index (Phi) is 4.62. The predicted octanol–water partition coefficient (Wildman–Crippen LogP) is 3.35. The summed E-state index contributed by atoms with van der Waals surface area (Å²) in [4.78, 5) is 29.3. The molecule has 6 heteroatoms. The van der Waals surface area contributed by atoms with Crippen LogP contribution in [0.25, 0.3) is 17.1 Å². The molecule has 1 fully saturated rings. The lowest BCUT2D eigenvalue weighted by molar-refractivity contribution is -0.127. The van der Waals surface area contributed by atoms with Crippen molar-refractivity contribution in [3.05, 3.63) is 76.5 Å². The first-order valence-electron chi connectivity index (χ1n) is 9.04. The molecule has 138 valence electrons. The molecule has 2 heterocycles. The number of likely N-dealkylation sites (tertiary alicyclic amines) is 1. The van der Waals surface area contributed by atoms with Gasteiger partial charge in [0.2, 0.25) is 5.91 Å². The second kappa shape index (κ2) is 7.23. The average molecular weight is 365 g/mol. The molecule has 0 atom stereocenters. The molecule has 1 aromatic heterocycles. The Labute approximate surface area is 155 Å². The summed E-state index contributed by atoms with van der Waals surface area (Å²) in [5, 5.41) is 0. The monoisotopic (exact) mass is 365 g/mol. The standard InChI is InChI=1S/C21H20FN3O2/c22-17-6-2-1-5-15(17)9-10-20(26)24-13-11-16(12-14-24)25-19-8-4-3-7-18(19)23-21(25)27/h1-10,16H,11-14H2,(H,23,27)/b10-9+. The van der Waals surface area contributed by atoms with Gasteiger partial charge in [0.05, 0.1) is 11.0 Å². The second-order valence-electron chi connectivity index (χ2n) is 6.73. The highest BCUT2D eigenvalue weighted by molar-refractivity contribution is 5.91. The third-order valence-electron chi connectivity index (χ3n) is 5.08. The Bertz CT molecular complexity index is 1060. The van der Waals surface area contributed by atoms with E-state index >= 15 is 0 Å². The highest BCUT2D eigenvalue weighted by atomic mass is 19.1. The number of rotatable bonds is 3. The number of para-hydroxylation sites is 2. The first-order valence-corrected chi connectivity index (χ1v) is 9.04. The quantitative estimate of drug-likeness (QED) is 0.724. The van der Waals surface area contributed by atoms with Gasteiger partial charge in [-0.3, -0.25) is 9.36 Å². The number of imidazole rings is 1. The predicted molar refractivity (Wildman–Crippen MR) is 103 cm³/mol. The van der Waals surface area contributed by atoms with Crippen LogP contribution in [-0.4, -0.2) is 33.4 Å². The van der Waals surface area contributed by atoms with E-state index in [0.717, 1.165) is 11.0 Å². The number of H-pyrrole nitrogens is 1. The molecule has 5 nitrogen and oxygen atoms in total. The molecular weight excluding hydrogens is 345 g/mol. The van der Waals surface area contributed by atoms with E-state index in [1.54, 1.807) is 27.7 Å². The summed E-state index contributed by atoms with van der Waals surface area (Å²) < 4.78 is 15.4. The summed E-state index contributed by atoms with van der Waals surface area (Å²) in [5.41, 5.74) is 2.01. The van der Waals surface area contributed by atoms with Crippen molar-refractivity contribution in [1.82, 2.24) is 14.5 Å². The van der Waals surface area contributed by atoms with Gasteiger partial charge in [-0.1, -0.05) is 30.3 Å². The molecule has 1 amide bonds. The van der Waals surface area contributed by atoms with Gasteiger partial charge in [0, 0.05) is 30.8 Å². The minimum Gasteiger partial charge on any atom is -0.339 e. The lowest BCUT2D eigenvalue weighted by Gasteiger charge is -2.32. The summed E-state index contributed by atoms with van der Waals surface area (Å²) in [6, 6.07) is 14.0. The Morgan fingerprint density at radius 3 is 2.56 bits per heavy atom. The number of carbonyl (C=O) groups excluding carboxylic acids is 1. The fourth-order valence-corrected chi connectivity index (χ4v) is 3.66. The van der Waals surface area contributed by atoms with E-state index in [0.29, 0.717) is 31.5 Å². The molecule has 1 N–H and O–H groups in total. The molecule has 3 aromatic rings. The average Bonchev–Trinajstić information content (AvgIpc) is 3.03. The molecule has 1 saturated heterocycles. The van der Waals surface area contributed by atoms with E-state index in [9.17, 15) is 14.0 Å². The van der Waals surface area contributed by atoms with Crippen molar-refractivity contribution >= 4 is 23.0 Å². The molecule has 27 heavy (non-hydrogen) atoms. The van der Waals surface area contributed by atoms with E-state index in [1.165, 1.54) is 18.2 Å². The smallest absolute Gasteiger partial charge is 0.326 e. The third-order valence-corrected chi connectivity index (χ3v) is 5.08. The molecular formula is C21H20FN3O2. The van der Waals surface area contributed by atoms with Gasteiger partial charge in [-0.15, -0.1) is 0 Å². The van der Waals surface area contributed by atoms with Crippen molar-refractivity contribution in [3.63, 3.8) is 0 Å². The number of nitrogens with one attached hydrogen (secondary N) is 1. The van der Waals surface area contributed by atoms with Crippen LogP contribution < -0.4 is 5.69 Å². The first kappa shape index (κ1) is 17.3. The van der Waals surface area contributed by atoms with Crippen LogP contribution in [0.2, 0.25) is 0 Å². The second-order valence-corrected chi connectivity index (χ2v) is 6.73. The van der Waals surface area contributed by atoms with E-state index < -0.39 is 0 Å². The minimum absolute atomic E-state index is 0.0632. The number of hydrogen-bond donors (Lipinski definition) is 1. The maximum absolute atomic E-state index is 13.6. The SMILES string of the molecule is O=C(/C=C/c1ccccc1F)N1CCC(n2c(=O)[nH]c3ccccc32)CC1. The first-order chi connectivity index (χ1) is 13.1. The number of benzene rings is 2. The number of halogens is 1. The van der Waals surface area contributed by atoms with Crippen LogP contribution in [0.1, 0.15) is 24.4 Å². The van der Waals surface area contributed by atoms with Crippen molar-refractivity contribution < 1.29 is 9.18 Å². The van der Waals surface area contributed by atoms with Gasteiger partial charge < -0.3 is 9.88 Å². The van der Waals surface area contributed by atoms with Crippen LogP contribution >= 0.6 is 0 Å². The number of nitrogens with zero attached hydrogens (tertiary/aromatic N) is 2. The minimum atomic E-state index is -0.348. The maximum atomic E-state index is 13.6. The lowest BCUT2D eigenvalue weighted by atomic mass is 10.0. The third kappa shape index (κ3) is 3.43. The number of hydrogen-bond acceptors (Lipinski definition) is 2. The van der Waals surface area contributed by atoms with Gasteiger partial charge in [0.15, 0.2) is 0 Å². The molecule has 4 rings (SSSR count). The van der Waals surface area contributed by atoms with Crippen LogP contribution in [-0.2, 0) is 4.79 Å². The van der Waals surface area contributed by atoms with Gasteiger partial charge in [0.1, 0.15) is 5.82 Å². The van der Waals surface area contributed by atoms with Crippen molar-refractivity contribution in [1.29, 1.82) is 0 Å². The number of carbonyl (C=O) groups is 1. The van der Waals surface area contributed by atoms with E-state index in [2.05, 4.69) is 4.98 Å². The van der Waals surface area contributed by atoms with Crippen molar-refractivity contribution in [2.24, 2.45) is 0 Å². The zero-order valence-electron chi connectivity index (χ0n) is 14.8. The summed E-state index contributed by atoms with van der Waals surface area (Å²) in [5.74, 6) is -0.484. The number of aromatic nitrogens is 2. The molecule has 0 saturated carbocycles. The van der Waals surface area contributed by atoms with Crippen molar-refractivity contribution in [3.8, 4) is 0 Å². The van der Waals surface area contributed by atoms with Crippen LogP contribution in [0, 0.1) is 5.82 Å². The van der Waals surface area contributed by atoms with Gasteiger partial charge in [-0.2, -0.15) is 0 Å². The molecule has 0 spiro atoms. The highest BCUT2D eigenvalue weighted by Crippen LogP contribution is 2.25. The molecule has 0 unspecified atom stereocenters. The Morgan fingerprint density at radius 1 is 1.07 bits per heavy atom. The normalized spacial score (nSPS) is 15.7. The van der Waals surface area contributed by atoms with E-state index in [-0.39, 0.29) is 23.5 Å². The molecule has 0 aliphatic carbocycles. The van der Waals surface area contributed by atoms with Gasteiger partial charge in [0.25, 0.3) is 0 Å². The Balaban J connectivity index is 1.44. The van der Waals surface area contributed by atoms with Gasteiger partial charge in [-0.05, 0) is 37.1 Å². The number of aromatic amines is 1. The topological polar surface area (TPSA) is 58.1 Å². The number of piperidine rings is 1. The van der Waals surface area contributed by atoms with Crippen molar-refractivity contribution in [2.75, 3.05) is 13.1 Å². The van der Waals surface area contributed by atoms with Crippen LogP contribution in [0.4, 0.5) is 4.39 Å². The maximum Gasteiger partial charge on any atom is 0.326 e. The fraction of sp³-hybridized carbons (Fsp3) is 0.238. The number of fused-ring (bicyclic) bond motifs is 1. The van der Waals surface area contributed by atoms with Gasteiger partial charge in [-0.25, -0.2) is 9.18 Å². The molecule has 0 radical (unpaired) electrons. The largest absolute Gasteiger partial charge is 0.339 e. The summed E-state index contributed by atoms with van der Waals surface area (Å²) in [6.07, 6.45) is 4.34. The molecule has 1 aliphatic rings. The Morgan fingerprint density at radius 2 is 1.78 bits per heavy atom. The zero-order chi connectivity index (χ0) is 18.8. The summed E-state index contributed by atoms with van der Waals surface area (Å²) >= 11 is 0. The summed E-state index contributed by atoms with van der Waals surface area (Å²) in [6.45, 7) is 1.13. The summed E-state index contributed by atoms with van der Waals surface area (Å²) in [7, 11) is 0. The van der Waals surface area contributed by atoms with Crippen LogP contribution in [0.3, 0.4) is 0 Å². The number of amides is 1. The molecule has 1 aliphatic heterocycles. The highest BCUT2D eigenvalue weighted by Gasteiger charge is 2.25. The lowest BCUT2D eigenvalue weighted by Crippen LogP contribution is -2.39. The van der Waals surface area contributed by atoms with Crippen molar-refractivity contribution in [2.45, 2.75) is 18.9 Å². The Hall–Kier alpha value is -3.15. The van der Waals surface area contributed by atoms with E-state index in [1.807, 2.05) is 24.3 Å². The molecule has 2 aromatic carbocycles. The van der Waals surface area contributed by atoms with Crippen LogP contribution in [0.5, 0.6) is 0 Å². The van der Waals surface area contributed by atoms with E-state index in [4.69, 9.17) is 0 Å². The zero-order valence-corrected chi connectivity index (χ0v) is 14.8. The molecule has 0 bridgehead atoms.